The van der Waals surface area contributed by atoms with Crippen LogP contribution in [0.15, 0.2) is 18.2 Å². The predicted molar refractivity (Wildman–Crippen MR) is 101 cm³/mol. The van der Waals surface area contributed by atoms with E-state index in [1.54, 1.807) is 39.0 Å². The quantitative estimate of drug-likeness (QED) is 0.627. The third kappa shape index (κ3) is 2.34. The van der Waals surface area contributed by atoms with Crippen molar-refractivity contribution in [2.75, 3.05) is 5.32 Å². The second-order valence-corrected chi connectivity index (χ2v) is 9.00. The summed E-state index contributed by atoms with van der Waals surface area (Å²) in [6.07, 6.45) is -0.164. The molecule has 0 saturated carbocycles. The van der Waals surface area contributed by atoms with Crippen LogP contribution in [0.4, 0.5) is 5.69 Å². The largest absolute Gasteiger partial charge is 0.370 e. The van der Waals surface area contributed by atoms with Gasteiger partial charge in [0.15, 0.2) is 0 Å². The van der Waals surface area contributed by atoms with Crippen LogP contribution in [0.2, 0.25) is 5.02 Å². The van der Waals surface area contributed by atoms with Gasteiger partial charge in [0, 0.05) is 34.3 Å². The van der Waals surface area contributed by atoms with E-state index in [0.29, 0.717) is 16.3 Å². The Morgan fingerprint density at radius 1 is 1.25 bits per heavy atom. The van der Waals surface area contributed by atoms with E-state index in [0.717, 1.165) is 0 Å². The summed E-state index contributed by atoms with van der Waals surface area (Å²) in [5, 5.41) is 6.30. The zero-order chi connectivity index (χ0) is 20.6. The van der Waals surface area contributed by atoms with E-state index < -0.39 is 52.6 Å². The van der Waals surface area contributed by atoms with Crippen LogP contribution < -0.4 is 16.4 Å². The van der Waals surface area contributed by atoms with Crippen LogP contribution >= 0.6 is 11.6 Å². The predicted octanol–water partition coefficient (Wildman–Crippen LogP) is 0.734. The molecule has 0 aliphatic carbocycles. The molecule has 4 amide bonds. The third-order valence-corrected chi connectivity index (χ3v) is 6.00. The minimum absolute atomic E-state index is 0.164. The Bertz CT molecular complexity index is 940. The lowest BCUT2D eigenvalue weighted by molar-refractivity contribution is -0.147. The summed E-state index contributed by atoms with van der Waals surface area (Å²) in [5.74, 6) is -3.75. The Kier molecular flexibility index (Phi) is 3.90. The number of nitrogens with zero attached hydrogens (tertiary/aromatic N) is 1. The average molecular weight is 405 g/mol. The number of rotatable bonds is 2. The monoisotopic (exact) mass is 404 g/mol. The third-order valence-electron chi connectivity index (χ3n) is 5.77. The summed E-state index contributed by atoms with van der Waals surface area (Å²) < 4.78 is 0. The number of nitrogens with one attached hydrogen (secondary N) is 2. The van der Waals surface area contributed by atoms with Crippen molar-refractivity contribution < 1.29 is 19.2 Å². The summed E-state index contributed by atoms with van der Waals surface area (Å²) in [4.78, 5) is 52.6. The number of carbonyl (C=O) groups is 4. The summed E-state index contributed by atoms with van der Waals surface area (Å²) in [7, 11) is 0. The van der Waals surface area contributed by atoms with E-state index in [1.165, 1.54) is 4.90 Å². The van der Waals surface area contributed by atoms with Gasteiger partial charge in [-0.1, -0.05) is 11.6 Å². The highest BCUT2D eigenvalue weighted by Gasteiger charge is 2.71. The molecule has 0 unspecified atom stereocenters. The first-order valence-electron chi connectivity index (χ1n) is 9.04. The molecular formula is C19H21ClN4O4. The maximum absolute atomic E-state index is 13.4. The molecular weight excluding hydrogens is 384 g/mol. The number of likely N-dealkylation sites (tertiary alicyclic amines) is 1. The first-order chi connectivity index (χ1) is 13.0. The van der Waals surface area contributed by atoms with Crippen molar-refractivity contribution in [3.63, 3.8) is 0 Å². The van der Waals surface area contributed by atoms with Crippen molar-refractivity contribution in [1.29, 1.82) is 0 Å². The molecule has 2 saturated heterocycles. The molecule has 1 aromatic carbocycles. The fourth-order valence-electron chi connectivity index (χ4n) is 4.83. The minimum Gasteiger partial charge on any atom is -0.370 e. The molecule has 1 aromatic rings. The van der Waals surface area contributed by atoms with Gasteiger partial charge < -0.3 is 11.1 Å². The molecule has 2 fully saturated rings. The van der Waals surface area contributed by atoms with E-state index in [2.05, 4.69) is 10.6 Å². The second kappa shape index (κ2) is 5.78. The standard InChI is InChI=1S/C19H21ClN4O4/c1-18(2,3)24-15(26)13-11(7-12(21)25)23-19(14(13)16(24)27)9-6-8(20)4-5-10(9)22-17(19)28/h4-6,11,13-14,23H,7H2,1-3H3,(H2,21,25)(H,22,28)/t11-,13-,14+,19-/m1/s1. The van der Waals surface area contributed by atoms with Gasteiger partial charge in [-0.3, -0.25) is 29.4 Å². The minimum atomic E-state index is -1.47. The lowest BCUT2D eigenvalue weighted by atomic mass is 9.76. The van der Waals surface area contributed by atoms with Crippen LogP contribution in [0.1, 0.15) is 32.8 Å². The van der Waals surface area contributed by atoms with Crippen molar-refractivity contribution in [3.8, 4) is 0 Å². The fraction of sp³-hybridized carbons (Fsp3) is 0.474. The number of anilines is 1. The SMILES string of the molecule is CC(C)(C)N1C(=O)[C@H]2[C@@H](C1=O)[C@@]1(N[C@@H]2CC(N)=O)C(=O)Nc2ccc(Cl)cc21. The van der Waals surface area contributed by atoms with Crippen LogP contribution in [0.3, 0.4) is 0 Å². The van der Waals surface area contributed by atoms with Gasteiger partial charge in [0.2, 0.25) is 23.6 Å². The smallest absolute Gasteiger partial charge is 0.250 e. The highest BCUT2D eigenvalue weighted by atomic mass is 35.5. The summed E-state index contributed by atoms with van der Waals surface area (Å²) in [6.45, 7) is 5.27. The number of benzene rings is 1. The fourth-order valence-corrected chi connectivity index (χ4v) is 5.00. The Labute approximate surface area is 166 Å². The van der Waals surface area contributed by atoms with Crippen LogP contribution in [-0.2, 0) is 24.7 Å². The zero-order valence-electron chi connectivity index (χ0n) is 15.7. The topological polar surface area (TPSA) is 122 Å². The van der Waals surface area contributed by atoms with Crippen LogP contribution in [-0.4, -0.2) is 40.1 Å². The van der Waals surface area contributed by atoms with Gasteiger partial charge in [0.05, 0.1) is 11.8 Å². The summed E-state index contributed by atoms with van der Waals surface area (Å²) >= 11 is 6.16. The lowest BCUT2D eigenvalue weighted by Crippen LogP contribution is -2.56. The number of halogens is 1. The number of amides is 4. The van der Waals surface area contributed by atoms with Gasteiger partial charge in [-0.25, -0.2) is 0 Å². The molecule has 0 aromatic heterocycles. The molecule has 3 aliphatic rings. The van der Waals surface area contributed by atoms with Crippen LogP contribution in [0, 0.1) is 11.8 Å². The number of carbonyl (C=O) groups excluding carboxylic acids is 4. The molecule has 28 heavy (non-hydrogen) atoms. The Hall–Kier alpha value is -2.45. The second-order valence-electron chi connectivity index (χ2n) is 8.56. The number of imide groups is 1. The van der Waals surface area contributed by atoms with Gasteiger partial charge in [-0.15, -0.1) is 0 Å². The van der Waals surface area contributed by atoms with E-state index in [1.807, 2.05) is 0 Å². The Morgan fingerprint density at radius 2 is 1.93 bits per heavy atom. The first kappa shape index (κ1) is 18.9. The van der Waals surface area contributed by atoms with Crippen molar-refractivity contribution in [2.45, 2.75) is 44.3 Å². The number of primary amides is 1. The zero-order valence-corrected chi connectivity index (χ0v) is 16.5. The molecule has 9 heteroatoms. The average Bonchev–Trinajstić information content (AvgIpc) is 3.12. The van der Waals surface area contributed by atoms with Crippen molar-refractivity contribution in [1.82, 2.24) is 10.2 Å². The lowest BCUT2D eigenvalue weighted by Gasteiger charge is -2.34. The van der Waals surface area contributed by atoms with Gasteiger partial charge >= 0.3 is 0 Å². The van der Waals surface area contributed by atoms with Crippen molar-refractivity contribution >= 4 is 40.9 Å². The molecule has 3 heterocycles. The number of nitrogens with two attached hydrogens (primary N) is 1. The number of hydrogen-bond acceptors (Lipinski definition) is 5. The van der Waals surface area contributed by atoms with Crippen LogP contribution in [0.25, 0.3) is 0 Å². The van der Waals surface area contributed by atoms with Crippen molar-refractivity contribution in [2.24, 2.45) is 17.6 Å². The molecule has 4 rings (SSSR count). The van der Waals surface area contributed by atoms with Gasteiger partial charge in [-0.2, -0.15) is 0 Å². The number of fused-ring (bicyclic) bond motifs is 4. The molecule has 4 atom stereocenters. The van der Waals surface area contributed by atoms with Crippen molar-refractivity contribution in [3.05, 3.63) is 28.8 Å². The molecule has 0 bridgehead atoms. The van der Waals surface area contributed by atoms with Gasteiger partial charge in [0.25, 0.3) is 0 Å². The van der Waals surface area contributed by atoms with E-state index in [4.69, 9.17) is 17.3 Å². The maximum Gasteiger partial charge on any atom is 0.250 e. The number of hydrogen-bond donors (Lipinski definition) is 3. The van der Waals surface area contributed by atoms with E-state index >= 15 is 0 Å². The normalized spacial score (nSPS) is 31.4. The maximum atomic E-state index is 13.4. The Morgan fingerprint density at radius 3 is 2.54 bits per heavy atom. The molecule has 1 spiro atoms. The first-order valence-corrected chi connectivity index (χ1v) is 9.41. The molecule has 0 radical (unpaired) electrons. The highest BCUT2D eigenvalue weighted by Crippen LogP contribution is 2.54. The van der Waals surface area contributed by atoms with E-state index in [9.17, 15) is 19.2 Å². The van der Waals surface area contributed by atoms with Gasteiger partial charge in [-0.05, 0) is 39.0 Å². The summed E-state index contributed by atoms with van der Waals surface area (Å²) in [5.41, 5.74) is 4.18. The van der Waals surface area contributed by atoms with E-state index in [-0.39, 0.29) is 6.42 Å². The molecule has 4 N–H and O–H groups in total. The highest BCUT2D eigenvalue weighted by molar-refractivity contribution is 6.31. The molecule has 3 aliphatic heterocycles. The summed E-state index contributed by atoms with van der Waals surface area (Å²) in [6, 6.07) is 4.17. The molecule has 8 nitrogen and oxygen atoms in total. The van der Waals surface area contributed by atoms with Crippen LogP contribution in [0.5, 0.6) is 0 Å². The van der Waals surface area contributed by atoms with Gasteiger partial charge in [0.1, 0.15) is 5.54 Å². The Balaban J connectivity index is 1.92. The molecule has 148 valence electrons.